The molecule has 2 aromatic carbocycles. The molecule has 0 spiro atoms. The molecule has 10 heteroatoms. The maximum atomic E-state index is 13.1. The highest BCUT2D eigenvalue weighted by atomic mass is 79.9. The normalized spacial score (nSPS) is 16.5. The third-order valence-electron chi connectivity index (χ3n) is 4.38. The van der Waals surface area contributed by atoms with E-state index in [4.69, 9.17) is 4.42 Å². The summed E-state index contributed by atoms with van der Waals surface area (Å²) in [5, 5.41) is 19.8. The lowest BCUT2D eigenvalue weighted by atomic mass is 10.2. The molecule has 0 atom stereocenters. The van der Waals surface area contributed by atoms with Gasteiger partial charge < -0.3 is 4.42 Å². The molecule has 0 aliphatic carbocycles. The van der Waals surface area contributed by atoms with Gasteiger partial charge in [-0.1, -0.05) is 40.2 Å². The van der Waals surface area contributed by atoms with Gasteiger partial charge in [-0.2, -0.15) is 5.10 Å². The van der Waals surface area contributed by atoms with E-state index in [0.29, 0.717) is 21.4 Å². The Morgan fingerprint density at radius 2 is 1.94 bits per heavy atom. The first kappa shape index (κ1) is 21.7. The molecule has 1 fully saturated rings. The van der Waals surface area contributed by atoms with Crippen molar-refractivity contribution >= 4 is 56.7 Å². The average Bonchev–Trinajstić information content (AvgIpc) is 3.40. The minimum atomic E-state index is -0.474. The molecule has 1 aliphatic rings. The summed E-state index contributed by atoms with van der Waals surface area (Å²) in [5.41, 5.74) is 1.36. The van der Waals surface area contributed by atoms with Crippen LogP contribution >= 0.6 is 27.7 Å². The number of halogens is 1. The smallest absolute Gasteiger partial charge is 0.270 e. The second-order valence-electron chi connectivity index (χ2n) is 6.61. The summed E-state index contributed by atoms with van der Waals surface area (Å²) >= 11 is 4.53. The van der Waals surface area contributed by atoms with Gasteiger partial charge in [0.15, 0.2) is 5.17 Å². The molecule has 0 saturated carbocycles. The fourth-order valence-electron chi connectivity index (χ4n) is 2.85. The Morgan fingerprint density at radius 3 is 2.66 bits per heavy atom. The summed E-state index contributed by atoms with van der Waals surface area (Å²) in [6, 6.07) is 17.2. The van der Waals surface area contributed by atoms with Crippen molar-refractivity contribution < 1.29 is 14.1 Å². The fraction of sp³-hybridized carbons (Fsp3) is 0.0455. The van der Waals surface area contributed by atoms with Crippen molar-refractivity contribution in [1.29, 1.82) is 0 Å². The molecule has 3 aromatic rings. The standard InChI is InChI=1S/C22H15BrN4O4S/c23-17-8-6-15(7-9-17)13-24-25-22-26(14-19-5-2-10-31-19)21(28)20(32-22)12-16-3-1-4-18(11-16)27(29)30/h1-13H,14H2/b20-12-,24-13+,25-22-. The van der Waals surface area contributed by atoms with E-state index >= 15 is 0 Å². The van der Waals surface area contributed by atoms with Crippen LogP contribution in [0.2, 0.25) is 0 Å². The summed E-state index contributed by atoms with van der Waals surface area (Å²) in [6.45, 7) is 0.192. The molecular formula is C22H15BrN4O4S. The zero-order valence-electron chi connectivity index (χ0n) is 16.4. The Morgan fingerprint density at radius 1 is 1.12 bits per heavy atom. The van der Waals surface area contributed by atoms with E-state index in [1.165, 1.54) is 23.3 Å². The van der Waals surface area contributed by atoms with Crippen LogP contribution in [0.5, 0.6) is 0 Å². The third-order valence-corrected chi connectivity index (χ3v) is 5.91. The van der Waals surface area contributed by atoms with Crippen LogP contribution in [0.25, 0.3) is 6.08 Å². The van der Waals surface area contributed by atoms with E-state index in [1.807, 2.05) is 24.3 Å². The summed E-state index contributed by atoms with van der Waals surface area (Å²) < 4.78 is 6.33. The van der Waals surface area contributed by atoms with E-state index in [0.717, 1.165) is 21.8 Å². The summed E-state index contributed by atoms with van der Waals surface area (Å²) in [7, 11) is 0. The Labute approximate surface area is 195 Å². The molecule has 0 N–H and O–H groups in total. The van der Waals surface area contributed by atoms with Crippen LogP contribution in [0, 0.1) is 10.1 Å². The number of carbonyl (C=O) groups excluding carboxylic acids is 1. The van der Waals surface area contributed by atoms with E-state index in [2.05, 4.69) is 26.1 Å². The molecular weight excluding hydrogens is 496 g/mol. The number of non-ortho nitro benzene ring substituents is 1. The van der Waals surface area contributed by atoms with Crippen LogP contribution in [0.1, 0.15) is 16.9 Å². The molecule has 1 amide bonds. The third kappa shape index (κ3) is 5.21. The summed E-state index contributed by atoms with van der Waals surface area (Å²) in [6.07, 6.45) is 4.74. The lowest BCUT2D eigenvalue weighted by molar-refractivity contribution is -0.384. The maximum Gasteiger partial charge on any atom is 0.270 e. The van der Waals surface area contributed by atoms with Gasteiger partial charge in [-0.3, -0.25) is 19.8 Å². The number of rotatable bonds is 6. The molecule has 1 aliphatic heterocycles. The van der Waals surface area contributed by atoms with Crippen molar-refractivity contribution in [2.24, 2.45) is 10.2 Å². The highest BCUT2D eigenvalue weighted by molar-refractivity contribution is 9.10. The molecule has 160 valence electrons. The van der Waals surface area contributed by atoms with Crippen LogP contribution in [0.4, 0.5) is 5.69 Å². The zero-order chi connectivity index (χ0) is 22.5. The first-order valence-corrected chi connectivity index (χ1v) is 11.0. The number of carbonyl (C=O) groups is 1. The summed E-state index contributed by atoms with van der Waals surface area (Å²) in [4.78, 5) is 25.5. The Bertz CT molecular complexity index is 1240. The second kappa shape index (κ2) is 9.75. The number of thioether (sulfide) groups is 1. The topological polar surface area (TPSA) is 101 Å². The van der Waals surface area contributed by atoms with Crippen molar-refractivity contribution in [3.05, 3.63) is 103 Å². The van der Waals surface area contributed by atoms with Crippen molar-refractivity contribution in [2.75, 3.05) is 0 Å². The van der Waals surface area contributed by atoms with Gasteiger partial charge in [0.25, 0.3) is 11.6 Å². The number of furan rings is 1. The van der Waals surface area contributed by atoms with Gasteiger partial charge >= 0.3 is 0 Å². The number of nitrogens with zero attached hydrogens (tertiary/aromatic N) is 4. The molecule has 1 saturated heterocycles. The maximum absolute atomic E-state index is 13.1. The molecule has 4 rings (SSSR count). The number of nitro benzene ring substituents is 1. The minimum Gasteiger partial charge on any atom is -0.467 e. The van der Waals surface area contributed by atoms with Gasteiger partial charge in [0, 0.05) is 16.6 Å². The van der Waals surface area contributed by atoms with Gasteiger partial charge in [0.05, 0.1) is 28.9 Å². The zero-order valence-corrected chi connectivity index (χ0v) is 18.8. The van der Waals surface area contributed by atoms with Gasteiger partial charge in [-0.05, 0) is 53.2 Å². The van der Waals surface area contributed by atoms with E-state index in [1.54, 1.807) is 36.6 Å². The largest absolute Gasteiger partial charge is 0.467 e. The number of nitro groups is 1. The van der Waals surface area contributed by atoms with Crippen LogP contribution in [0.3, 0.4) is 0 Å². The average molecular weight is 511 g/mol. The Kier molecular flexibility index (Phi) is 6.62. The van der Waals surface area contributed by atoms with Crippen molar-refractivity contribution in [2.45, 2.75) is 6.54 Å². The SMILES string of the molecule is O=C1/C(=C/c2cccc([N+](=O)[O-])c2)S/C(=N\N=C\c2ccc(Br)cc2)N1Cc1ccco1. The minimum absolute atomic E-state index is 0.0461. The Balaban J connectivity index is 1.62. The fourth-order valence-corrected chi connectivity index (χ4v) is 4.05. The highest BCUT2D eigenvalue weighted by Crippen LogP contribution is 2.34. The van der Waals surface area contributed by atoms with Crippen LogP contribution in [0.15, 0.2) is 90.9 Å². The quantitative estimate of drug-likeness (QED) is 0.189. The number of benzene rings is 2. The molecule has 8 nitrogen and oxygen atoms in total. The lowest BCUT2D eigenvalue weighted by Gasteiger charge is -2.12. The van der Waals surface area contributed by atoms with E-state index < -0.39 is 4.92 Å². The number of hydrogen-bond donors (Lipinski definition) is 0. The molecule has 2 heterocycles. The van der Waals surface area contributed by atoms with Crippen molar-refractivity contribution in [3.63, 3.8) is 0 Å². The van der Waals surface area contributed by atoms with E-state index in [9.17, 15) is 14.9 Å². The lowest BCUT2D eigenvalue weighted by Crippen LogP contribution is -2.28. The molecule has 0 bridgehead atoms. The molecule has 32 heavy (non-hydrogen) atoms. The van der Waals surface area contributed by atoms with Gasteiger partial charge in [0.2, 0.25) is 0 Å². The number of amidine groups is 1. The van der Waals surface area contributed by atoms with Gasteiger partial charge in [-0.25, -0.2) is 0 Å². The predicted molar refractivity (Wildman–Crippen MR) is 127 cm³/mol. The van der Waals surface area contributed by atoms with Crippen molar-refractivity contribution in [3.8, 4) is 0 Å². The monoisotopic (exact) mass is 510 g/mol. The molecule has 1 aromatic heterocycles. The van der Waals surface area contributed by atoms with Crippen LogP contribution in [-0.4, -0.2) is 27.1 Å². The van der Waals surface area contributed by atoms with Gasteiger partial charge in [0.1, 0.15) is 5.76 Å². The predicted octanol–water partition coefficient (Wildman–Crippen LogP) is 5.46. The number of amides is 1. The van der Waals surface area contributed by atoms with Crippen molar-refractivity contribution in [1.82, 2.24) is 4.90 Å². The van der Waals surface area contributed by atoms with Crippen LogP contribution < -0.4 is 0 Å². The summed E-state index contributed by atoms with van der Waals surface area (Å²) in [5.74, 6) is 0.315. The highest BCUT2D eigenvalue weighted by Gasteiger charge is 2.34. The first-order chi connectivity index (χ1) is 15.5. The van der Waals surface area contributed by atoms with E-state index in [-0.39, 0.29) is 18.1 Å². The molecule has 0 unspecified atom stereocenters. The second-order valence-corrected chi connectivity index (χ2v) is 8.54. The number of hydrogen-bond acceptors (Lipinski definition) is 7. The Hall–Kier alpha value is -3.50. The molecule has 0 radical (unpaired) electrons. The first-order valence-electron chi connectivity index (χ1n) is 9.34. The van der Waals surface area contributed by atoms with Crippen LogP contribution in [-0.2, 0) is 11.3 Å². The van der Waals surface area contributed by atoms with Gasteiger partial charge in [-0.15, -0.1) is 5.10 Å².